The molecule has 1 heterocycles. The molecular formula is C20H26N2O. The number of anilines is 1. The number of carbonyl (C=O) groups excluding carboxylic acids is 1. The minimum atomic E-state index is 0.344. The maximum Gasteiger partial charge on any atom is 0.161 e. The van der Waals surface area contributed by atoms with Gasteiger partial charge in [0.05, 0.1) is 0 Å². The zero-order valence-electron chi connectivity index (χ0n) is 14.4. The van der Waals surface area contributed by atoms with Crippen LogP contribution in [0.25, 0.3) is 0 Å². The van der Waals surface area contributed by atoms with E-state index in [1.54, 1.807) is 0 Å². The SMILES string of the molecule is CC(=C1C(=O)CC2C1C2(C)C)N1CCN(c2ccccc2)CC1. The molecule has 0 bridgehead atoms. The van der Waals surface area contributed by atoms with Gasteiger partial charge in [-0.25, -0.2) is 0 Å². The summed E-state index contributed by atoms with van der Waals surface area (Å²) in [4.78, 5) is 17.3. The van der Waals surface area contributed by atoms with Crippen molar-refractivity contribution < 1.29 is 4.79 Å². The van der Waals surface area contributed by atoms with Gasteiger partial charge in [-0.2, -0.15) is 0 Å². The molecule has 0 amide bonds. The van der Waals surface area contributed by atoms with Crippen molar-refractivity contribution in [2.45, 2.75) is 27.2 Å². The monoisotopic (exact) mass is 310 g/mol. The number of fused-ring (bicyclic) bond motifs is 1. The molecule has 122 valence electrons. The molecule has 1 aromatic rings. The average Bonchev–Trinajstić information content (AvgIpc) is 2.92. The molecule has 2 atom stereocenters. The van der Waals surface area contributed by atoms with Crippen LogP contribution < -0.4 is 4.90 Å². The Labute approximate surface area is 139 Å². The Hall–Kier alpha value is -1.77. The van der Waals surface area contributed by atoms with E-state index in [0.29, 0.717) is 23.0 Å². The lowest BCUT2D eigenvalue weighted by Crippen LogP contribution is -2.46. The van der Waals surface area contributed by atoms with Crippen LogP contribution in [0.2, 0.25) is 0 Å². The first kappa shape index (κ1) is 14.8. The molecule has 2 unspecified atom stereocenters. The molecule has 1 saturated heterocycles. The van der Waals surface area contributed by atoms with Crippen LogP contribution in [0.15, 0.2) is 41.6 Å². The fourth-order valence-electron chi connectivity index (χ4n) is 4.72. The lowest BCUT2D eigenvalue weighted by atomic mass is 9.95. The maximum absolute atomic E-state index is 12.4. The molecule has 23 heavy (non-hydrogen) atoms. The first-order valence-corrected chi connectivity index (χ1v) is 8.79. The molecule has 1 aliphatic heterocycles. The Kier molecular flexibility index (Phi) is 3.29. The zero-order valence-corrected chi connectivity index (χ0v) is 14.4. The second kappa shape index (κ2) is 5.12. The fraction of sp³-hybridized carbons (Fsp3) is 0.550. The first-order chi connectivity index (χ1) is 11.0. The summed E-state index contributed by atoms with van der Waals surface area (Å²) in [6.07, 6.45) is 0.772. The molecule has 0 radical (unpaired) electrons. The third-order valence-corrected chi connectivity index (χ3v) is 6.33. The molecule has 3 fully saturated rings. The Bertz CT molecular complexity index is 653. The topological polar surface area (TPSA) is 23.6 Å². The number of rotatable bonds is 2. The molecule has 3 aliphatic rings. The number of ketones is 1. The van der Waals surface area contributed by atoms with Crippen molar-refractivity contribution in [3.63, 3.8) is 0 Å². The van der Waals surface area contributed by atoms with Crippen LogP contribution in [-0.4, -0.2) is 36.9 Å². The Morgan fingerprint density at radius 1 is 1.09 bits per heavy atom. The zero-order chi connectivity index (χ0) is 16.2. The summed E-state index contributed by atoms with van der Waals surface area (Å²) in [6.45, 7) is 10.9. The minimum Gasteiger partial charge on any atom is -0.371 e. The third-order valence-electron chi connectivity index (χ3n) is 6.33. The number of para-hydroxylation sites is 1. The number of allylic oxidation sites excluding steroid dienone is 2. The van der Waals surface area contributed by atoms with Crippen molar-refractivity contribution in [2.75, 3.05) is 31.1 Å². The van der Waals surface area contributed by atoms with Crippen LogP contribution in [0.3, 0.4) is 0 Å². The Balaban J connectivity index is 1.48. The highest BCUT2D eigenvalue weighted by Crippen LogP contribution is 2.68. The number of benzene rings is 1. The Morgan fingerprint density at radius 3 is 2.35 bits per heavy atom. The highest BCUT2D eigenvalue weighted by Gasteiger charge is 2.65. The van der Waals surface area contributed by atoms with Gasteiger partial charge >= 0.3 is 0 Å². The van der Waals surface area contributed by atoms with Gasteiger partial charge in [-0.3, -0.25) is 4.79 Å². The van der Waals surface area contributed by atoms with Crippen molar-refractivity contribution in [3.8, 4) is 0 Å². The molecule has 1 aromatic carbocycles. The summed E-state index contributed by atoms with van der Waals surface area (Å²) < 4.78 is 0. The van der Waals surface area contributed by atoms with Gasteiger partial charge in [-0.1, -0.05) is 32.0 Å². The van der Waals surface area contributed by atoms with Gasteiger partial charge < -0.3 is 9.80 Å². The van der Waals surface area contributed by atoms with E-state index in [0.717, 1.165) is 38.2 Å². The summed E-state index contributed by atoms with van der Waals surface area (Å²) in [5, 5.41) is 0. The van der Waals surface area contributed by atoms with Crippen LogP contribution in [0.5, 0.6) is 0 Å². The number of Topliss-reactive ketones (excluding diaryl/α,β-unsaturated/α-hetero) is 1. The van der Waals surface area contributed by atoms with Crippen molar-refractivity contribution in [3.05, 3.63) is 41.6 Å². The largest absolute Gasteiger partial charge is 0.371 e. The van der Waals surface area contributed by atoms with Crippen molar-refractivity contribution >= 4 is 11.5 Å². The Morgan fingerprint density at radius 2 is 1.74 bits per heavy atom. The summed E-state index contributed by atoms with van der Waals surface area (Å²) in [6, 6.07) is 10.6. The van der Waals surface area contributed by atoms with E-state index in [1.807, 2.05) is 0 Å². The normalized spacial score (nSPS) is 31.2. The predicted octanol–water partition coefficient (Wildman–Crippen LogP) is 3.33. The van der Waals surface area contributed by atoms with Crippen molar-refractivity contribution in [1.82, 2.24) is 4.90 Å². The second-order valence-electron chi connectivity index (χ2n) is 7.84. The van der Waals surface area contributed by atoms with E-state index < -0.39 is 0 Å². The number of nitrogens with zero attached hydrogens (tertiary/aromatic N) is 2. The van der Waals surface area contributed by atoms with E-state index in [4.69, 9.17) is 0 Å². The lowest BCUT2D eigenvalue weighted by Gasteiger charge is -2.38. The van der Waals surface area contributed by atoms with E-state index in [2.05, 4.69) is 60.9 Å². The van der Waals surface area contributed by atoms with Gasteiger partial charge in [-0.15, -0.1) is 0 Å². The quantitative estimate of drug-likeness (QED) is 0.783. The fourth-order valence-corrected chi connectivity index (χ4v) is 4.72. The standard InChI is InChI=1S/C20H26N2O/c1-14(18-17(23)13-16-19(18)20(16,2)3)21-9-11-22(12-10-21)15-7-5-4-6-8-15/h4-8,16,19H,9-13H2,1-3H3. The molecule has 4 rings (SSSR count). The van der Waals surface area contributed by atoms with Crippen LogP contribution in [0.1, 0.15) is 27.2 Å². The molecular weight excluding hydrogens is 284 g/mol. The molecule has 2 saturated carbocycles. The van der Waals surface area contributed by atoms with E-state index >= 15 is 0 Å². The lowest BCUT2D eigenvalue weighted by molar-refractivity contribution is -0.115. The number of carbonyl (C=O) groups is 1. The summed E-state index contributed by atoms with van der Waals surface area (Å²) in [7, 11) is 0. The van der Waals surface area contributed by atoms with Gasteiger partial charge in [0.15, 0.2) is 5.78 Å². The van der Waals surface area contributed by atoms with E-state index in [1.165, 1.54) is 11.4 Å². The van der Waals surface area contributed by atoms with Crippen LogP contribution >= 0.6 is 0 Å². The summed E-state index contributed by atoms with van der Waals surface area (Å²) in [5.74, 6) is 1.52. The molecule has 0 N–H and O–H groups in total. The minimum absolute atomic E-state index is 0.344. The molecule has 0 aromatic heterocycles. The summed E-state index contributed by atoms with van der Waals surface area (Å²) in [5.41, 5.74) is 4.04. The van der Waals surface area contributed by atoms with Gasteiger partial charge in [0.2, 0.25) is 0 Å². The molecule has 0 spiro atoms. The predicted molar refractivity (Wildman–Crippen MR) is 93.3 cm³/mol. The highest BCUT2D eigenvalue weighted by atomic mass is 16.1. The molecule has 3 nitrogen and oxygen atoms in total. The van der Waals surface area contributed by atoms with Gasteiger partial charge in [-0.05, 0) is 36.3 Å². The molecule has 3 heteroatoms. The number of piperazine rings is 1. The first-order valence-electron chi connectivity index (χ1n) is 8.79. The van der Waals surface area contributed by atoms with Crippen LogP contribution in [0, 0.1) is 17.3 Å². The maximum atomic E-state index is 12.4. The van der Waals surface area contributed by atoms with E-state index in [-0.39, 0.29) is 0 Å². The average molecular weight is 310 g/mol. The van der Waals surface area contributed by atoms with Crippen molar-refractivity contribution in [1.29, 1.82) is 0 Å². The van der Waals surface area contributed by atoms with Gasteiger partial charge in [0, 0.05) is 49.6 Å². The van der Waals surface area contributed by atoms with Crippen LogP contribution in [0.4, 0.5) is 5.69 Å². The molecule has 2 aliphatic carbocycles. The number of hydrogen-bond donors (Lipinski definition) is 0. The number of hydrogen-bond acceptors (Lipinski definition) is 3. The van der Waals surface area contributed by atoms with Crippen molar-refractivity contribution in [2.24, 2.45) is 17.3 Å². The van der Waals surface area contributed by atoms with Gasteiger partial charge in [0.25, 0.3) is 0 Å². The summed E-state index contributed by atoms with van der Waals surface area (Å²) >= 11 is 0. The third kappa shape index (κ3) is 2.29. The van der Waals surface area contributed by atoms with Crippen LogP contribution in [-0.2, 0) is 4.79 Å². The van der Waals surface area contributed by atoms with Gasteiger partial charge in [0.1, 0.15) is 0 Å². The highest BCUT2D eigenvalue weighted by molar-refractivity contribution is 6.01. The van der Waals surface area contributed by atoms with E-state index in [9.17, 15) is 4.79 Å². The second-order valence-corrected chi connectivity index (χ2v) is 7.84. The smallest absolute Gasteiger partial charge is 0.161 e.